The largest absolute Gasteiger partial charge is 0.478 e. The lowest BCUT2D eigenvalue weighted by Gasteiger charge is -2.05. The van der Waals surface area contributed by atoms with Crippen LogP contribution >= 0.6 is 0 Å². The van der Waals surface area contributed by atoms with Gasteiger partial charge in [0.1, 0.15) is 11.5 Å². The lowest BCUT2D eigenvalue weighted by molar-refractivity contribution is -0.384. The van der Waals surface area contributed by atoms with Gasteiger partial charge in [-0.3, -0.25) is 10.1 Å². The van der Waals surface area contributed by atoms with Crippen LogP contribution in [0, 0.1) is 24.0 Å². The Hall–Kier alpha value is -4.26. The summed E-state index contributed by atoms with van der Waals surface area (Å²) in [5.74, 6) is -0.188. The molecule has 0 radical (unpaired) electrons. The third kappa shape index (κ3) is 4.06. The number of furan rings is 1. The molecule has 154 valence electrons. The van der Waals surface area contributed by atoms with Gasteiger partial charge in [0.25, 0.3) is 5.69 Å². The standard InChI is InChI=1S/C24H18N2O5/c1-14-4-9-21-19(11-14)20(24(27)28)13-16(25-21)5-6-17-7-10-23(31-17)18-8-3-15(2)12-22(18)26(29)30/h3-13H,1-2H3,(H,27,28). The number of nitro benzene ring substituents is 1. The van der Waals surface area contributed by atoms with Crippen molar-refractivity contribution < 1.29 is 19.2 Å². The van der Waals surface area contributed by atoms with Crippen molar-refractivity contribution in [3.8, 4) is 11.3 Å². The number of nitrogens with zero attached hydrogens (tertiary/aromatic N) is 2. The lowest BCUT2D eigenvalue weighted by Crippen LogP contribution is -2.00. The highest BCUT2D eigenvalue weighted by Gasteiger charge is 2.18. The van der Waals surface area contributed by atoms with Crippen molar-refractivity contribution in [1.82, 2.24) is 4.98 Å². The number of aryl methyl sites for hydroxylation is 2. The fourth-order valence-electron chi connectivity index (χ4n) is 3.38. The maximum absolute atomic E-state index is 11.7. The minimum atomic E-state index is -1.03. The van der Waals surface area contributed by atoms with Gasteiger partial charge < -0.3 is 9.52 Å². The number of aromatic nitrogens is 1. The summed E-state index contributed by atoms with van der Waals surface area (Å²) in [6, 6.07) is 15.3. The maximum Gasteiger partial charge on any atom is 0.336 e. The monoisotopic (exact) mass is 414 g/mol. The van der Waals surface area contributed by atoms with Crippen molar-refractivity contribution in [1.29, 1.82) is 0 Å². The molecule has 0 atom stereocenters. The van der Waals surface area contributed by atoms with Crippen molar-refractivity contribution in [3.63, 3.8) is 0 Å². The van der Waals surface area contributed by atoms with E-state index in [9.17, 15) is 20.0 Å². The molecular formula is C24H18N2O5. The Morgan fingerprint density at radius 1 is 1.03 bits per heavy atom. The highest BCUT2D eigenvalue weighted by atomic mass is 16.6. The SMILES string of the molecule is Cc1ccc(-c2ccc(C=Cc3cc(C(=O)O)c4cc(C)ccc4n3)o2)c([N+](=O)[O-])c1. The van der Waals surface area contributed by atoms with Gasteiger partial charge in [-0.15, -0.1) is 0 Å². The van der Waals surface area contributed by atoms with Crippen LogP contribution in [-0.4, -0.2) is 21.0 Å². The Balaban J connectivity index is 1.69. The molecule has 1 N–H and O–H groups in total. The minimum Gasteiger partial charge on any atom is -0.478 e. The molecule has 7 heteroatoms. The second kappa shape index (κ2) is 7.87. The number of pyridine rings is 1. The minimum absolute atomic E-state index is 0.0255. The summed E-state index contributed by atoms with van der Waals surface area (Å²) >= 11 is 0. The molecule has 0 unspecified atom stereocenters. The molecule has 4 aromatic rings. The predicted molar refractivity (Wildman–Crippen MR) is 118 cm³/mol. The summed E-state index contributed by atoms with van der Waals surface area (Å²) in [7, 11) is 0. The number of carboxylic acid groups (broad SMARTS) is 1. The van der Waals surface area contributed by atoms with Crippen LogP contribution in [0.15, 0.2) is 59.0 Å². The number of aromatic carboxylic acids is 1. The normalized spacial score (nSPS) is 11.3. The average Bonchev–Trinajstić information content (AvgIpc) is 3.20. The van der Waals surface area contributed by atoms with Crippen LogP contribution < -0.4 is 0 Å². The highest BCUT2D eigenvalue weighted by Crippen LogP contribution is 2.32. The van der Waals surface area contributed by atoms with Crippen LogP contribution in [0.4, 0.5) is 5.69 Å². The first kappa shape index (κ1) is 20.0. The Bertz CT molecular complexity index is 1370. The number of carboxylic acids is 1. The number of carbonyl (C=O) groups is 1. The molecule has 31 heavy (non-hydrogen) atoms. The number of hydrogen-bond donors (Lipinski definition) is 1. The summed E-state index contributed by atoms with van der Waals surface area (Å²) in [6.45, 7) is 3.68. The van der Waals surface area contributed by atoms with Gasteiger partial charge in [0.15, 0.2) is 0 Å². The average molecular weight is 414 g/mol. The first-order chi connectivity index (χ1) is 14.8. The fourth-order valence-corrected chi connectivity index (χ4v) is 3.38. The topological polar surface area (TPSA) is 106 Å². The van der Waals surface area contributed by atoms with E-state index in [0.717, 1.165) is 11.1 Å². The molecular weight excluding hydrogens is 396 g/mol. The predicted octanol–water partition coefficient (Wildman–Crippen LogP) is 5.89. The number of rotatable bonds is 5. The molecule has 0 saturated carbocycles. The molecule has 7 nitrogen and oxygen atoms in total. The molecule has 0 saturated heterocycles. The molecule has 0 aliphatic rings. The Morgan fingerprint density at radius 2 is 1.77 bits per heavy atom. The van der Waals surface area contributed by atoms with E-state index in [1.165, 1.54) is 12.1 Å². The van der Waals surface area contributed by atoms with Crippen molar-refractivity contribution in [2.24, 2.45) is 0 Å². The molecule has 2 heterocycles. The first-order valence-electron chi connectivity index (χ1n) is 9.50. The van der Waals surface area contributed by atoms with Crippen LogP contribution in [0.25, 0.3) is 34.4 Å². The second-order valence-corrected chi connectivity index (χ2v) is 7.23. The zero-order valence-electron chi connectivity index (χ0n) is 16.8. The Labute approximate surface area is 177 Å². The molecule has 4 rings (SSSR count). The molecule has 0 bridgehead atoms. The number of benzene rings is 2. The van der Waals surface area contributed by atoms with E-state index in [1.807, 2.05) is 13.0 Å². The third-order valence-corrected chi connectivity index (χ3v) is 4.87. The van der Waals surface area contributed by atoms with Crippen LogP contribution in [0.3, 0.4) is 0 Å². The molecule has 0 spiro atoms. The lowest BCUT2D eigenvalue weighted by atomic mass is 10.1. The summed E-state index contributed by atoms with van der Waals surface area (Å²) in [4.78, 5) is 27.1. The molecule has 0 aliphatic heterocycles. The van der Waals surface area contributed by atoms with Crippen molar-refractivity contribution >= 4 is 34.7 Å². The van der Waals surface area contributed by atoms with E-state index in [1.54, 1.807) is 55.5 Å². The Kier molecular flexibility index (Phi) is 5.09. The summed E-state index contributed by atoms with van der Waals surface area (Å²) in [6.07, 6.45) is 3.30. The zero-order chi connectivity index (χ0) is 22.1. The van der Waals surface area contributed by atoms with Gasteiger partial charge in [-0.2, -0.15) is 0 Å². The van der Waals surface area contributed by atoms with Crippen LogP contribution in [0.1, 0.15) is 32.9 Å². The van der Waals surface area contributed by atoms with Crippen LogP contribution in [0.2, 0.25) is 0 Å². The molecule has 2 aromatic carbocycles. The van der Waals surface area contributed by atoms with Gasteiger partial charge in [-0.1, -0.05) is 17.7 Å². The fraction of sp³-hybridized carbons (Fsp3) is 0.0833. The molecule has 2 aromatic heterocycles. The van der Waals surface area contributed by atoms with E-state index < -0.39 is 10.9 Å². The van der Waals surface area contributed by atoms with Gasteiger partial charge >= 0.3 is 5.97 Å². The van der Waals surface area contributed by atoms with Crippen molar-refractivity contribution in [3.05, 3.63) is 92.9 Å². The second-order valence-electron chi connectivity index (χ2n) is 7.23. The summed E-state index contributed by atoms with van der Waals surface area (Å²) in [5, 5.41) is 21.5. The number of nitro groups is 1. The smallest absolute Gasteiger partial charge is 0.336 e. The zero-order valence-corrected chi connectivity index (χ0v) is 16.8. The van der Waals surface area contributed by atoms with Crippen LogP contribution in [-0.2, 0) is 0 Å². The third-order valence-electron chi connectivity index (χ3n) is 4.87. The van der Waals surface area contributed by atoms with E-state index in [4.69, 9.17) is 4.42 Å². The van der Waals surface area contributed by atoms with Gasteiger partial charge in [-0.25, -0.2) is 9.78 Å². The van der Waals surface area contributed by atoms with Crippen molar-refractivity contribution in [2.75, 3.05) is 0 Å². The summed E-state index contributed by atoms with van der Waals surface area (Å²) < 4.78 is 5.77. The molecule has 0 amide bonds. The maximum atomic E-state index is 11.7. The van der Waals surface area contributed by atoms with Crippen molar-refractivity contribution in [2.45, 2.75) is 13.8 Å². The van der Waals surface area contributed by atoms with Gasteiger partial charge in [-0.05, 0) is 68.0 Å². The van der Waals surface area contributed by atoms with E-state index in [0.29, 0.717) is 33.7 Å². The van der Waals surface area contributed by atoms with Gasteiger partial charge in [0, 0.05) is 11.5 Å². The van der Waals surface area contributed by atoms with Gasteiger partial charge in [0.05, 0.1) is 27.3 Å². The van der Waals surface area contributed by atoms with Crippen LogP contribution in [0.5, 0.6) is 0 Å². The molecule has 0 aliphatic carbocycles. The van der Waals surface area contributed by atoms with Gasteiger partial charge in [0.2, 0.25) is 0 Å². The van der Waals surface area contributed by atoms with E-state index in [-0.39, 0.29) is 11.3 Å². The first-order valence-corrected chi connectivity index (χ1v) is 9.50. The summed E-state index contributed by atoms with van der Waals surface area (Å²) in [5.41, 5.74) is 3.32. The quantitative estimate of drug-likeness (QED) is 0.322. The van der Waals surface area contributed by atoms with E-state index >= 15 is 0 Å². The highest BCUT2D eigenvalue weighted by molar-refractivity contribution is 6.03. The van der Waals surface area contributed by atoms with E-state index in [2.05, 4.69) is 4.98 Å². The Morgan fingerprint density at radius 3 is 2.52 bits per heavy atom. The molecule has 0 fully saturated rings. The number of hydrogen-bond acceptors (Lipinski definition) is 5. The number of fused-ring (bicyclic) bond motifs is 1.